The van der Waals surface area contributed by atoms with Crippen LogP contribution in [-0.4, -0.2) is 0 Å². The zero-order chi connectivity index (χ0) is 41.7. The van der Waals surface area contributed by atoms with Crippen molar-refractivity contribution in [1.82, 2.24) is 0 Å². The summed E-state index contributed by atoms with van der Waals surface area (Å²) in [6.07, 6.45) is 0. The highest BCUT2D eigenvalue weighted by atomic mass is 15.1. The Hall–Kier alpha value is -8.26. The molecule has 63 heavy (non-hydrogen) atoms. The topological polar surface area (TPSA) is 3.24 Å². The first-order valence-electron chi connectivity index (χ1n) is 21.7. The highest BCUT2D eigenvalue weighted by Gasteiger charge is 2.20. The van der Waals surface area contributed by atoms with Gasteiger partial charge in [0.05, 0.1) is 5.69 Å². The predicted molar refractivity (Wildman–Crippen MR) is 270 cm³/mol. The fraction of sp³-hybridized carbons (Fsp3) is 0. The van der Waals surface area contributed by atoms with Gasteiger partial charge in [0.25, 0.3) is 0 Å². The third kappa shape index (κ3) is 6.42. The minimum Gasteiger partial charge on any atom is -0.310 e. The van der Waals surface area contributed by atoms with Crippen LogP contribution in [-0.2, 0) is 0 Å². The molecule has 0 radical (unpaired) electrons. The van der Waals surface area contributed by atoms with Crippen LogP contribution in [0, 0.1) is 0 Å². The van der Waals surface area contributed by atoms with Crippen molar-refractivity contribution in [2.24, 2.45) is 0 Å². The Morgan fingerprint density at radius 2 is 0.683 bits per heavy atom. The van der Waals surface area contributed by atoms with Crippen LogP contribution < -0.4 is 4.90 Å². The largest absolute Gasteiger partial charge is 0.310 e. The summed E-state index contributed by atoms with van der Waals surface area (Å²) in [5.41, 5.74) is 13.0. The molecule has 294 valence electrons. The van der Waals surface area contributed by atoms with Gasteiger partial charge in [0.15, 0.2) is 0 Å². The van der Waals surface area contributed by atoms with Crippen molar-refractivity contribution in [2.75, 3.05) is 4.90 Å². The van der Waals surface area contributed by atoms with Gasteiger partial charge < -0.3 is 4.90 Å². The Morgan fingerprint density at radius 3 is 1.43 bits per heavy atom. The normalized spacial score (nSPS) is 11.5. The summed E-state index contributed by atoms with van der Waals surface area (Å²) in [5, 5.41) is 12.5. The number of benzene rings is 12. The van der Waals surface area contributed by atoms with E-state index in [1.165, 1.54) is 92.8 Å². The summed E-state index contributed by atoms with van der Waals surface area (Å²) < 4.78 is 0. The second-order valence-electron chi connectivity index (χ2n) is 16.4. The van der Waals surface area contributed by atoms with E-state index >= 15 is 0 Å². The Bertz CT molecular complexity index is 3660. The van der Waals surface area contributed by atoms with Crippen LogP contribution in [0.4, 0.5) is 17.1 Å². The van der Waals surface area contributed by atoms with E-state index in [1.807, 2.05) is 0 Å². The quantitative estimate of drug-likeness (QED) is 0.145. The molecule has 0 aliphatic carbocycles. The third-order valence-corrected chi connectivity index (χ3v) is 12.8. The molecule has 0 saturated carbocycles. The molecule has 0 bridgehead atoms. The lowest BCUT2D eigenvalue weighted by molar-refractivity contribution is 1.30. The van der Waals surface area contributed by atoms with E-state index in [-0.39, 0.29) is 0 Å². The molecule has 0 unspecified atom stereocenters. The van der Waals surface area contributed by atoms with Crippen molar-refractivity contribution in [3.8, 4) is 44.5 Å². The fourth-order valence-corrected chi connectivity index (χ4v) is 9.83. The molecule has 12 rings (SSSR count). The maximum absolute atomic E-state index is 2.42. The molecule has 0 spiro atoms. The van der Waals surface area contributed by atoms with Gasteiger partial charge in [-0.05, 0) is 135 Å². The SMILES string of the molecule is c1ccc(-c2c(-c3ccccc3)c3cc(-c4cccc(N(c5ccc(-c6ccc7c(ccc8ccccc87)c6)cc5)c5cccc6ccccc56)c4)ccc3c3ccccc23)cc1. The van der Waals surface area contributed by atoms with Gasteiger partial charge in [-0.15, -0.1) is 0 Å². The van der Waals surface area contributed by atoms with E-state index in [2.05, 4.69) is 254 Å². The average molecular weight is 800 g/mol. The van der Waals surface area contributed by atoms with E-state index in [1.54, 1.807) is 0 Å². The van der Waals surface area contributed by atoms with E-state index in [0.717, 1.165) is 22.6 Å². The lowest BCUT2D eigenvalue weighted by Crippen LogP contribution is -2.10. The molecule has 12 aromatic rings. The molecule has 0 saturated heterocycles. The maximum Gasteiger partial charge on any atom is 0.0540 e. The lowest BCUT2D eigenvalue weighted by Gasteiger charge is -2.27. The van der Waals surface area contributed by atoms with Gasteiger partial charge in [0.2, 0.25) is 0 Å². The third-order valence-electron chi connectivity index (χ3n) is 12.8. The van der Waals surface area contributed by atoms with Crippen molar-refractivity contribution >= 4 is 70.9 Å². The summed E-state index contributed by atoms with van der Waals surface area (Å²) >= 11 is 0. The van der Waals surface area contributed by atoms with E-state index in [4.69, 9.17) is 0 Å². The van der Waals surface area contributed by atoms with Gasteiger partial charge in [-0.2, -0.15) is 0 Å². The first-order chi connectivity index (χ1) is 31.2. The first kappa shape index (κ1) is 36.6. The molecule has 0 N–H and O–H groups in total. The Balaban J connectivity index is 1.01. The van der Waals surface area contributed by atoms with Gasteiger partial charge in [0, 0.05) is 16.8 Å². The highest BCUT2D eigenvalue weighted by molar-refractivity contribution is 6.22. The summed E-state index contributed by atoms with van der Waals surface area (Å²) in [5.74, 6) is 0. The van der Waals surface area contributed by atoms with Crippen molar-refractivity contribution < 1.29 is 0 Å². The molecule has 12 aromatic carbocycles. The zero-order valence-corrected chi connectivity index (χ0v) is 34.6. The summed E-state index contributed by atoms with van der Waals surface area (Å²) in [6, 6.07) is 91.1. The van der Waals surface area contributed by atoms with Crippen LogP contribution in [0.25, 0.3) is 98.4 Å². The highest BCUT2D eigenvalue weighted by Crippen LogP contribution is 2.46. The number of hydrogen-bond acceptors (Lipinski definition) is 1. The minimum atomic E-state index is 1.10. The molecular formula is C62H41N. The Morgan fingerprint density at radius 1 is 0.206 bits per heavy atom. The molecule has 0 aromatic heterocycles. The average Bonchev–Trinajstić information content (AvgIpc) is 3.36. The lowest BCUT2D eigenvalue weighted by atomic mass is 9.84. The van der Waals surface area contributed by atoms with Gasteiger partial charge in [0.1, 0.15) is 0 Å². The predicted octanol–water partition coefficient (Wildman–Crippen LogP) is 17.6. The van der Waals surface area contributed by atoms with Gasteiger partial charge in [-0.3, -0.25) is 0 Å². The monoisotopic (exact) mass is 799 g/mol. The summed E-state index contributed by atoms with van der Waals surface area (Å²) in [4.78, 5) is 2.42. The van der Waals surface area contributed by atoms with Crippen LogP contribution >= 0.6 is 0 Å². The van der Waals surface area contributed by atoms with Gasteiger partial charge in [-0.1, -0.05) is 206 Å². The van der Waals surface area contributed by atoms with Crippen molar-refractivity contribution in [1.29, 1.82) is 0 Å². The van der Waals surface area contributed by atoms with Crippen LogP contribution in [0.1, 0.15) is 0 Å². The second kappa shape index (κ2) is 15.3. The molecule has 0 heterocycles. The van der Waals surface area contributed by atoms with Crippen molar-refractivity contribution in [3.63, 3.8) is 0 Å². The van der Waals surface area contributed by atoms with E-state index < -0.39 is 0 Å². The standard InChI is InChI=1S/C62H41N/c1-3-17-45(18-4-1)61-58-27-12-11-26-56(58)57-38-34-49(41-59(57)62(61)46-19-5-2-6-20-46)47-22-13-23-52(40-47)63(60-28-14-21-43-15-8-10-25-55(43)60)51-35-31-42(32-36-51)48-33-37-54-50(39-48)30-29-44-16-7-9-24-53(44)54/h1-41H. The second-order valence-corrected chi connectivity index (χ2v) is 16.4. The number of fused-ring (bicyclic) bond motifs is 7. The van der Waals surface area contributed by atoms with E-state index in [9.17, 15) is 0 Å². The number of nitrogens with zero attached hydrogens (tertiary/aromatic N) is 1. The first-order valence-corrected chi connectivity index (χ1v) is 21.7. The molecule has 0 amide bonds. The van der Waals surface area contributed by atoms with Crippen molar-refractivity contribution in [3.05, 3.63) is 249 Å². The molecular weight excluding hydrogens is 759 g/mol. The maximum atomic E-state index is 2.42. The number of rotatable bonds is 7. The molecule has 0 atom stereocenters. The zero-order valence-electron chi connectivity index (χ0n) is 34.6. The van der Waals surface area contributed by atoms with Gasteiger partial charge >= 0.3 is 0 Å². The minimum absolute atomic E-state index is 1.10. The van der Waals surface area contributed by atoms with Crippen molar-refractivity contribution in [2.45, 2.75) is 0 Å². The molecule has 0 aliphatic rings. The Kier molecular flexibility index (Phi) is 8.90. The Labute approximate surface area is 367 Å². The fourth-order valence-electron chi connectivity index (χ4n) is 9.83. The molecule has 0 fully saturated rings. The van der Waals surface area contributed by atoms with E-state index in [0.29, 0.717) is 0 Å². The van der Waals surface area contributed by atoms with Crippen LogP contribution in [0.15, 0.2) is 249 Å². The van der Waals surface area contributed by atoms with Gasteiger partial charge in [-0.25, -0.2) is 0 Å². The summed E-state index contributed by atoms with van der Waals surface area (Å²) in [6.45, 7) is 0. The molecule has 1 nitrogen and oxygen atoms in total. The molecule has 1 heteroatoms. The number of hydrogen-bond donors (Lipinski definition) is 0. The molecule has 0 aliphatic heterocycles. The number of anilines is 3. The smallest absolute Gasteiger partial charge is 0.0540 e. The van der Waals surface area contributed by atoms with Crippen LogP contribution in [0.5, 0.6) is 0 Å². The summed E-state index contributed by atoms with van der Waals surface area (Å²) in [7, 11) is 0. The van der Waals surface area contributed by atoms with Crippen LogP contribution in [0.2, 0.25) is 0 Å². The van der Waals surface area contributed by atoms with Crippen LogP contribution in [0.3, 0.4) is 0 Å².